The van der Waals surface area contributed by atoms with E-state index in [1.54, 1.807) is 23.5 Å². The molecular weight excluding hydrogens is 346 g/mol. The number of carbonyl (C=O) groups excluding carboxylic acids is 3. The Morgan fingerprint density at radius 2 is 1.54 bits per heavy atom. The molecule has 134 valence electrons. The zero-order valence-electron chi connectivity index (χ0n) is 14.5. The van der Waals surface area contributed by atoms with Crippen LogP contribution in [0.2, 0.25) is 0 Å². The van der Waals surface area contributed by atoms with Gasteiger partial charge >= 0.3 is 0 Å². The third-order valence-electron chi connectivity index (χ3n) is 4.85. The average Bonchev–Trinajstić information content (AvgIpc) is 2.79. The summed E-state index contributed by atoms with van der Waals surface area (Å²) in [6, 6.07) is 0. The van der Waals surface area contributed by atoms with Gasteiger partial charge in [-0.25, -0.2) is 10.0 Å². The van der Waals surface area contributed by atoms with Crippen molar-refractivity contribution in [1.82, 2.24) is 10.3 Å². The van der Waals surface area contributed by atoms with Crippen molar-refractivity contribution >= 4 is 41.2 Å². The van der Waals surface area contributed by atoms with Gasteiger partial charge in [0, 0.05) is 11.5 Å². The molecule has 24 heavy (non-hydrogen) atoms. The van der Waals surface area contributed by atoms with Gasteiger partial charge in [-0.05, 0) is 12.8 Å². The first-order valence-corrected chi connectivity index (χ1v) is 10.6. The first-order chi connectivity index (χ1) is 11.3. The van der Waals surface area contributed by atoms with Crippen molar-refractivity contribution < 1.29 is 19.0 Å². The van der Waals surface area contributed by atoms with Crippen molar-refractivity contribution in [2.45, 2.75) is 48.1 Å². The van der Waals surface area contributed by atoms with Gasteiger partial charge in [0.05, 0.1) is 21.1 Å². The molecule has 2 atom stereocenters. The summed E-state index contributed by atoms with van der Waals surface area (Å²) in [5.41, 5.74) is 1.96. The van der Waals surface area contributed by atoms with Gasteiger partial charge in [-0.1, -0.05) is 19.3 Å². The summed E-state index contributed by atoms with van der Waals surface area (Å²) in [5.74, 6) is 1.28. The van der Waals surface area contributed by atoms with Crippen LogP contribution >= 0.6 is 23.5 Å². The summed E-state index contributed by atoms with van der Waals surface area (Å²) >= 11 is 3.14. The molecule has 2 saturated heterocycles. The molecule has 0 spiro atoms. The number of thioether (sulfide) groups is 2. The van der Waals surface area contributed by atoms with Gasteiger partial charge in [-0.2, -0.15) is 0 Å². The van der Waals surface area contributed by atoms with E-state index >= 15 is 0 Å². The van der Waals surface area contributed by atoms with Crippen LogP contribution in [-0.2, 0) is 14.4 Å². The van der Waals surface area contributed by atoms with E-state index in [2.05, 4.69) is 5.43 Å². The van der Waals surface area contributed by atoms with Gasteiger partial charge in [0.15, 0.2) is 0 Å². The van der Waals surface area contributed by atoms with Crippen LogP contribution in [0.5, 0.6) is 0 Å². The van der Waals surface area contributed by atoms with Crippen LogP contribution in [0.25, 0.3) is 0 Å². The number of quaternary nitrogens is 1. The van der Waals surface area contributed by atoms with Gasteiger partial charge in [0.25, 0.3) is 5.91 Å². The molecule has 0 aromatic carbocycles. The smallest absolute Gasteiger partial charge is 0.273 e. The Morgan fingerprint density at radius 3 is 2.00 bits per heavy atom. The van der Waals surface area contributed by atoms with E-state index in [1.807, 2.05) is 21.1 Å². The summed E-state index contributed by atoms with van der Waals surface area (Å²) in [5, 5.41) is -0.626. The lowest BCUT2D eigenvalue weighted by molar-refractivity contribution is -0.906. The molecular formula is C16H26N3O3S2+. The average molecular weight is 373 g/mol. The van der Waals surface area contributed by atoms with Gasteiger partial charge in [-0.15, -0.1) is 23.5 Å². The molecule has 0 radical (unpaired) electrons. The van der Waals surface area contributed by atoms with Crippen LogP contribution in [0.1, 0.15) is 32.1 Å². The van der Waals surface area contributed by atoms with Gasteiger partial charge in [-0.3, -0.25) is 19.3 Å². The maximum Gasteiger partial charge on any atom is 0.291 e. The Bertz CT molecular complexity index is 531. The highest BCUT2D eigenvalue weighted by Gasteiger charge is 2.60. The first-order valence-electron chi connectivity index (χ1n) is 8.51. The second-order valence-electron chi connectivity index (χ2n) is 7.64. The van der Waals surface area contributed by atoms with E-state index in [0.29, 0.717) is 12.8 Å². The van der Waals surface area contributed by atoms with Crippen LogP contribution in [0.4, 0.5) is 0 Å². The van der Waals surface area contributed by atoms with E-state index in [4.69, 9.17) is 0 Å². The Balaban J connectivity index is 1.95. The topological polar surface area (TPSA) is 66.5 Å². The van der Waals surface area contributed by atoms with Crippen LogP contribution in [-0.4, -0.2) is 75.9 Å². The van der Waals surface area contributed by atoms with E-state index in [0.717, 1.165) is 30.8 Å². The normalized spacial score (nSPS) is 30.2. The van der Waals surface area contributed by atoms with E-state index < -0.39 is 5.54 Å². The summed E-state index contributed by atoms with van der Waals surface area (Å²) in [6.07, 6.45) is 3.94. The molecule has 6 nitrogen and oxygen atoms in total. The lowest BCUT2D eigenvalue weighted by Gasteiger charge is -2.43. The van der Waals surface area contributed by atoms with Crippen LogP contribution in [0, 0.1) is 0 Å². The standard InChI is InChI=1S/C16H25N3O3S2/c1-19(2,3)17-15(22)16(7-5-4-6-8-16)18-13(20)11-12(14(18)21)24-10-9-23-11/h11-12H,4-10H2,1-3H3/p+1. The lowest BCUT2D eigenvalue weighted by Crippen LogP contribution is -2.66. The molecule has 1 saturated carbocycles. The largest absolute Gasteiger partial charge is 0.291 e. The van der Waals surface area contributed by atoms with E-state index in [9.17, 15) is 14.4 Å². The van der Waals surface area contributed by atoms with Crippen molar-refractivity contribution in [1.29, 1.82) is 0 Å². The second-order valence-corrected chi connectivity index (χ2v) is 10.1. The molecule has 3 aliphatic rings. The number of carbonyl (C=O) groups is 3. The summed E-state index contributed by atoms with van der Waals surface area (Å²) in [7, 11) is 5.61. The molecule has 2 aliphatic heterocycles. The zero-order chi connectivity index (χ0) is 17.5. The number of fused-ring (bicyclic) bond motifs is 1. The maximum atomic E-state index is 13.1. The van der Waals surface area contributed by atoms with Crippen LogP contribution in [0.15, 0.2) is 0 Å². The quantitative estimate of drug-likeness (QED) is 0.455. The van der Waals surface area contributed by atoms with Crippen molar-refractivity contribution in [3.05, 3.63) is 0 Å². The molecule has 3 rings (SSSR count). The number of imide groups is 1. The van der Waals surface area contributed by atoms with Gasteiger partial charge in [0.1, 0.15) is 16.0 Å². The molecule has 0 bridgehead atoms. The van der Waals surface area contributed by atoms with Crippen LogP contribution < -0.4 is 5.43 Å². The Labute approximate surface area is 151 Å². The van der Waals surface area contributed by atoms with Crippen molar-refractivity contribution in [3.63, 3.8) is 0 Å². The highest BCUT2D eigenvalue weighted by atomic mass is 32.2. The Kier molecular flexibility index (Phi) is 4.92. The fourth-order valence-corrected chi connectivity index (χ4v) is 6.64. The highest BCUT2D eigenvalue weighted by molar-refractivity contribution is 8.08. The van der Waals surface area contributed by atoms with E-state index in [-0.39, 0.29) is 32.8 Å². The number of hydrogen-bond acceptors (Lipinski definition) is 5. The maximum absolute atomic E-state index is 13.1. The molecule has 3 fully saturated rings. The fourth-order valence-electron chi connectivity index (χ4n) is 3.81. The zero-order valence-corrected chi connectivity index (χ0v) is 16.2. The summed E-state index contributed by atoms with van der Waals surface area (Å²) < 4.78 is 0.271. The number of likely N-dealkylation sites (tertiary alicyclic amines) is 1. The fraction of sp³-hybridized carbons (Fsp3) is 0.812. The van der Waals surface area contributed by atoms with Gasteiger partial charge in [0.2, 0.25) is 11.8 Å². The van der Waals surface area contributed by atoms with Crippen molar-refractivity contribution in [2.75, 3.05) is 32.6 Å². The number of hydrogen-bond donors (Lipinski definition) is 1. The minimum atomic E-state index is -1.00. The third-order valence-corrected chi connectivity index (χ3v) is 7.83. The van der Waals surface area contributed by atoms with Crippen molar-refractivity contribution in [3.8, 4) is 0 Å². The summed E-state index contributed by atoms with van der Waals surface area (Å²) in [6.45, 7) is 0. The number of nitrogens with zero attached hydrogens (tertiary/aromatic N) is 2. The molecule has 0 aromatic heterocycles. The molecule has 2 unspecified atom stereocenters. The molecule has 0 aromatic rings. The summed E-state index contributed by atoms with van der Waals surface area (Å²) in [4.78, 5) is 40.5. The molecule has 1 N–H and O–H groups in total. The monoisotopic (exact) mass is 372 g/mol. The third kappa shape index (κ3) is 3.08. The predicted octanol–water partition coefficient (Wildman–Crippen LogP) is 1.01. The van der Waals surface area contributed by atoms with Gasteiger partial charge < -0.3 is 0 Å². The number of amides is 3. The molecule has 8 heteroatoms. The van der Waals surface area contributed by atoms with E-state index in [1.165, 1.54) is 4.90 Å². The molecule has 2 heterocycles. The highest BCUT2D eigenvalue weighted by Crippen LogP contribution is 2.44. The molecule has 3 amide bonds. The minimum Gasteiger partial charge on any atom is -0.273 e. The Hall–Kier alpha value is -0.730. The SMILES string of the molecule is C[N+](C)(C)NC(=O)C1(N2C(=O)C3SCCSC3C2=O)CCCCC1. The molecule has 1 aliphatic carbocycles. The Morgan fingerprint density at radius 1 is 1.04 bits per heavy atom. The first kappa shape index (κ1) is 18.1. The second kappa shape index (κ2) is 6.53. The number of rotatable bonds is 3. The number of nitrogens with one attached hydrogen (secondary N) is 1. The van der Waals surface area contributed by atoms with Crippen molar-refractivity contribution in [2.24, 2.45) is 0 Å². The predicted molar refractivity (Wildman–Crippen MR) is 96.3 cm³/mol. The lowest BCUT2D eigenvalue weighted by atomic mass is 9.79. The minimum absolute atomic E-state index is 0.152. The van der Waals surface area contributed by atoms with Crippen LogP contribution in [0.3, 0.4) is 0 Å².